The van der Waals surface area contributed by atoms with E-state index in [4.69, 9.17) is 10.00 Å². The number of nitriles is 1. The average Bonchev–Trinajstić information content (AvgIpc) is 4.57. The highest BCUT2D eigenvalue weighted by molar-refractivity contribution is 7.18. The molecule has 0 spiro atoms. The quantitative estimate of drug-likeness (QED) is 0.168. The van der Waals surface area contributed by atoms with Crippen molar-refractivity contribution in [2.75, 3.05) is 7.11 Å². The zero-order valence-corrected chi connectivity index (χ0v) is 57.0. The Kier molecular flexibility index (Phi) is 36.5. The van der Waals surface area contributed by atoms with Crippen molar-refractivity contribution in [3.8, 4) is 34.3 Å². The van der Waals surface area contributed by atoms with Crippen molar-refractivity contribution in [2.45, 2.75) is 132 Å². The number of rotatable bonds is 5. The second kappa shape index (κ2) is 42.1. The van der Waals surface area contributed by atoms with E-state index in [2.05, 4.69) is 173 Å². The molecule has 0 saturated carbocycles. The van der Waals surface area contributed by atoms with Crippen LogP contribution in [-0.2, 0) is 12.8 Å². The predicted octanol–water partition coefficient (Wildman–Crippen LogP) is 22.6. The maximum Gasteiger partial charge on any atom is 0.122 e. The Bertz CT molecular complexity index is 3770. The maximum atomic E-state index is 8.41. The van der Waals surface area contributed by atoms with E-state index in [1.54, 1.807) is 76.1 Å². The van der Waals surface area contributed by atoms with Crippen molar-refractivity contribution >= 4 is 66.9 Å². The number of nitrogens with zero attached hydrogens (tertiary/aromatic N) is 7. The van der Waals surface area contributed by atoms with Crippen LogP contribution in [0.15, 0.2) is 186 Å². The van der Waals surface area contributed by atoms with E-state index >= 15 is 0 Å². The minimum Gasteiger partial charge on any atom is -0.496 e. The molecule has 0 aliphatic carbocycles. The first-order valence-electron chi connectivity index (χ1n) is 28.4. The van der Waals surface area contributed by atoms with Gasteiger partial charge in [0, 0.05) is 55.4 Å². The lowest BCUT2D eigenvalue weighted by molar-refractivity contribution is 0.411. The van der Waals surface area contributed by atoms with Gasteiger partial charge in [-0.15, -0.1) is 56.7 Å². The van der Waals surface area contributed by atoms with Crippen molar-refractivity contribution in [1.82, 2.24) is 29.9 Å². The smallest absolute Gasteiger partial charge is 0.122 e. The first-order chi connectivity index (χ1) is 41.3. The van der Waals surface area contributed by atoms with Crippen LogP contribution >= 0.6 is 56.7 Å². The number of hydrogen-bond acceptors (Lipinski definition) is 13. The van der Waals surface area contributed by atoms with Gasteiger partial charge in [0.25, 0.3) is 0 Å². The van der Waals surface area contributed by atoms with Crippen LogP contribution in [0, 0.1) is 101 Å². The summed E-state index contributed by atoms with van der Waals surface area (Å²) in [5.41, 5.74) is 17.5. The number of ether oxygens (including phenoxy) is 1. The molecule has 0 saturated heterocycles. The van der Waals surface area contributed by atoms with Gasteiger partial charge >= 0.3 is 0 Å². The van der Waals surface area contributed by atoms with E-state index < -0.39 is 0 Å². The molecule has 0 unspecified atom stereocenters. The van der Waals surface area contributed by atoms with Crippen LogP contribution in [-0.4, -0.2) is 37.0 Å². The molecule has 88 heavy (non-hydrogen) atoms. The van der Waals surface area contributed by atoms with Crippen LogP contribution in [0.25, 0.3) is 32.7 Å². The van der Waals surface area contributed by atoms with Gasteiger partial charge in [-0.25, -0.2) is 19.9 Å². The highest BCUT2D eigenvalue weighted by Crippen LogP contribution is 2.27. The standard InChI is InChI=1S/2C11H11NS.C10H14O.C9H12.C8H7NS.C8H7N.C7H9N.C5H7NS.C4H5NS.2CH4/c1-8-3-5-10(6-4-8)11-7-13-9(2)12-11;1-8-11(12-9(2)13-8)10-6-4-3-5-7-10;1-4-9-6-5-8(2)10(7-9)11-3;1-3-9-6-4-8(2)5-7-9;1-6-9-7-4-2-3-5-8(7)10-6;1-7-3-2-4-8(5-7)6-9;1-6-4-3-5-7(2)8-6;1-4-3-7-5(2)6-4;1-4-5-2-3-6-4;;/h2*3-7H,1-2H3;5-7H,4H2,1-3H3;4-7H,3H2,1-2H3;2-5H,1H3;2-5H,1H3;3-5H,1-2H3;3H,1-2H3;2-3H,1H3;2*1H4. The van der Waals surface area contributed by atoms with Gasteiger partial charge in [0.1, 0.15) is 5.75 Å². The van der Waals surface area contributed by atoms with Crippen LogP contribution in [0.3, 0.4) is 0 Å². The van der Waals surface area contributed by atoms with E-state index in [9.17, 15) is 0 Å². The molecule has 6 aromatic carbocycles. The van der Waals surface area contributed by atoms with E-state index in [0.29, 0.717) is 0 Å². The Labute approximate surface area is 547 Å². The van der Waals surface area contributed by atoms with Crippen molar-refractivity contribution in [3.05, 3.63) is 272 Å². The number of thiazole rings is 5. The van der Waals surface area contributed by atoms with E-state index in [1.807, 2.05) is 140 Å². The molecule has 0 N–H and O–H groups in total. The highest BCUT2D eigenvalue weighted by Gasteiger charge is 2.06. The molecule has 0 fully saturated rings. The lowest BCUT2D eigenvalue weighted by Gasteiger charge is -2.05. The van der Waals surface area contributed by atoms with Crippen LogP contribution in [0.2, 0.25) is 0 Å². The Morgan fingerprint density at radius 3 is 1.48 bits per heavy atom. The largest absolute Gasteiger partial charge is 0.496 e. The summed E-state index contributed by atoms with van der Waals surface area (Å²) < 4.78 is 6.47. The molecule has 462 valence electrons. The monoisotopic (exact) mass is 1270 g/mol. The molecule has 12 aromatic rings. The van der Waals surface area contributed by atoms with Crippen molar-refractivity contribution in [1.29, 1.82) is 5.26 Å². The number of pyridine rings is 1. The van der Waals surface area contributed by atoms with Crippen molar-refractivity contribution in [3.63, 3.8) is 0 Å². The summed E-state index contributed by atoms with van der Waals surface area (Å²) in [5, 5.41) is 20.2. The minimum atomic E-state index is 0. The number of aromatic nitrogens is 6. The fourth-order valence-electron chi connectivity index (χ4n) is 7.67. The van der Waals surface area contributed by atoms with Gasteiger partial charge in [0.2, 0.25) is 0 Å². The van der Waals surface area contributed by atoms with Crippen LogP contribution < -0.4 is 4.74 Å². The number of aryl methyl sites for hydroxylation is 15. The van der Waals surface area contributed by atoms with Crippen molar-refractivity contribution in [2.24, 2.45) is 0 Å². The third-order valence-electron chi connectivity index (χ3n) is 12.2. The van der Waals surface area contributed by atoms with Gasteiger partial charge in [-0.05, 0) is 168 Å². The highest BCUT2D eigenvalue weighted by atomic mass is 32.1. The maximum absolute atomic E-state index is 8.41. The summed E-state index contributed by atoms with van der Waals surface area (Å²) in [5.74, 6) is 0.990. The molecular weight excluding hydrogens is 1180 g/mol. The Morgan fingerprint density at radius 1 is 0.455 bits per heavy atom. The number of para-hydroxylation sites is 1. The van der Waals surface area contributed by atoms with Crippen LogP contribution in [0.4, 0.5) is 0 Å². The zero-order valence-electron chi connectivity index (χ0n) is 52.9. The lowest BCUT2D eigenvalue weighted by Crippen LogP contribution is -1.88. The molecule has 8 nitrogen and oxygen atoms in total. The fourth-order valence-corrected chi connectivity index (χ4v) is 11.0. The summed E-state index contributed by atoms with van der Waals surface area (Å²) in [6, 6.07) is 57.5. The summed E-state index contributed by atoms with van der Waals surface area (Å²) in [7, 11) is 1.71. The first-order valence-corrected chi connectivity index (χ1v) is 32.7. The molecule has 0 atom stereocenters. The average molecular weight is 1270 g/mol. The second-order valence-corrected chi connectivity index (χ2v) is 25.6. The summed E-state index contributed by atoms with van der Waals surface area (Å²) in [4.78, 5) is 26.8. The molecule has 0 aliphatic rings. The molecule has 13 heteroatoms. The van der Waals surface area contributed by atoms with Gasteiger partial charge in [-0.2, -0.15) is 5.26 Å². The molecular formula is C75H91N7OS5. The number of fused-ring (bicyclic) bond motifs is 1. The fraction of sp³-hybridized carbons (Fsp3) is 0.267. The van der Waals surface area contributed by atoms with Gasteiger partial charge < -0.3 is 4.74 Å². The Balaban J connectivity index is 0.000000340. The minimum absolute atomic E-state index is 0. The molecule has 6 heterocycles. The molecule has 0 aliphatic heterocycles. The normalized spacial score (nSPS) is 9.49. The van der Waals surface area contributed by atoms with Gasteiger partial charge in [0.15, 0.2) is 0 Å². The van der Waals surface area contributed by atoms with Gasteiger partial charge in [0.05, 0.1) is 65.4 Å². The number of hydrogen-bond donors (Lipinski definition) is 0. The lowest BCUT2D eigenvalue weighted by atomic mass is 10.1. The Hall–Kier alpha value is -7.83. The SMILES string of the molecule is C.C.CCc1ccc(C)c(OC)c1.CCc1ccc(C)cc1.Cc1ccc(-c2csc(C)n2)cc1.Cc1cccc(C#N)c1.Cc1cccc(C)n1.Cc1csc(C)n1.Cc1nc(-c2ccccc2)c(C)s1.Cc1nc2ccccc2s1.Cc1nccs1. The number of benzene rings is 6. The van der Waals surface area contributed by atoms with Crippen molar-refractivity contribution < 1.29 is 4.74 Å². The summed E-state index contributed by atoms with van der Waals surface area (Å²) in [6.45, 7) is 30.8. The third-order valence-corrected chi connectivity index (χ3v) is 16.4. The van der Waals surface area contributed by atoms with Crippen LogP contribution in [0.1, 0.15) is 115 Å². The first kappa shape index (κ1) is 76.3. The predicted molar refractivity (Wildman–Crippen MR) is 388 cm³/mol. The molecule has 6 aromatic heterocycles. The second-order valence-electron chi connectivity index (χ2n) is 19.8. The molecule has 0 amide bonds. The van der Waals surface area contributed by atoms with E-state index in [-0.39, 0.29) is 14.9 Å². The summed E-state index contributed by atoms with van der Waals surface area (Å²) in [6.07, 6.45) is 4.01. The topological polar surface area (TPSA) is 110 Å². The zero-order chi connectivity index (χ0) is 62.8. The summed E-state index contributed by atoms with van der Waals surface area (Å²) >= 11 is 8.55. The van der Waals surface area contributed by atoms with E-state index in [0.717, 1.165) is 88.7 Å². The van der Waals surface area contributed by atoms with E-state index in [1.165, 1.54) is 48.5 Å². The van der Waals surface area contributed by atoms with Crippen LogP contribution in [0.5, 0.6) is 5.75 Å². The molecule has 12 rings (SSSR count). The molecule has 0 radical (unpaired) electrons. The molecule has 0 bridgehead atoms. The number of methoxy groups -OCH3 is 1. The van der Waals surface area contributed by atoms with Gasteiger partial charge in [-0.1, -0.05) is 161 Å². The Morgan fingerprint density at radius 2 is 1.03 bits per heavy atom. The third kappa shape index (κ3) is 29.7. The van der Waals surface area contributed by atoms with Gasteiger partial charge in [-0.3, -0.25) is 9.97 Å².